The first-order valence-electron chi connectivity index (χ1n) is 12.5. The fourth-order valence-corrected chi connectivity index (χ4v) is 4.65. The lowest BCUT2D eigenvalue weighted by Gasteiger charge is -2.37. The van der Waals surface area contributed by atoms with Crippen LogP contribution >= 0.6 is 24.0 Å². The van der Waals surface area contributed by atoms with E-state index in [0.29, 0.717) is 12.0 Å². The number of nitrogens with one attached hydrogen (secondary N) is 2. The van der Waals surface area contributed by atoms with Crippen LogP contribution < -0.4 is 15.5 Å². The smallest absolute Gasteiger partial charge is 0.191 e. The number of hydrogen-bond donors (Lipinski definition) is 2. The number of anilines is 1. The average Bonchev–Trinajstić information content (AvgIpc) is 2.84. The summed E-state index contributed by atoms with van der Waals surface area (Å²) in [7, 11) is 1.86. The van der Waals surface area contributed by atoms with Gasteiger partial charge < -0.3 is 20.3 Å². The van der Waals surface area contributed by atoms with Crippen molar-refractivity contribution in [2.75, 3.05) is 84.1 Å². The van der Waals surface area contributed by atoms with E-state index in [1.807, 2.05) is 7.05 Å². The molecule has 7 nitrogen and oxygen atoms in total. The highest BCUT2D eigenvalue weighted by atomic mass is 127. The number of halogens is 1. The molecule has 2 aliphatic heterocycles. The highest BCUT2D eigenvalue weighted by molar-refractivity contribution is 14.0. The van der Waals surface area contributed by atoms with E-state index in [0.717, 1.165) is 78.0 Å². The van der Waals surface area contributed by atoms with Crippen molar-refractivity contribution in [3.05, 3.63) is 30.3 Å². The minimum absolute atomic E-state index is 0. The minimum Gasteiger partial charge on any atom is -0.379 e. The summed E-state index contributed by atoms with van der Waals surface area (Å²) in [5.41, 5.74) is 1.35. The molecule has 3 rings (SSSR count). The van der Waals surface area contributed by atoms with Crippen molar-refractivity contribution < 1.29 is 4.74 Å². The molecule has 0 aliphatic carbocycles. The maximum absolute atomic E-state index is 5.52. The molecule has 33 heavy (non-hydrogen) atoms. The van der Waals surface area contributed by atoms with E-state index in [9.17, 15) is 0 Å². The van der Waals surface area contributed by atoms with Gasteiger partial charge in [0.2, 0.25) is 0 Å². The number of benzene rings is 1. The van der Waals surface area contributed by atoms with Crippen LogP contribution in [0.15, 0.2) is 35.3 Å². The number of hydrogen-bond acceptors (Lipinski definition) is 5. The summed E-state index contributed by atoms with van der Waals surface area (Å²) in [5.74, 6) is 1.52. The molecule has 1 unspecified atom stereocenters. The number of ether oxygens (including phenoxy) is 1. The van der Waals surface area contributed by atoms with E-state index in [1.54, 1.807) is 0 Å². The Labute approximate surface area is 218 Å². The zero-order valence-electron chi connectivity index (χ0n) is 20.8. The molecule has 2 heterocycles. The van der Waals surface area contributed by atoms with Gasteiger partial charge in [-0.2, -0.15) is 0 Å². The van der Waals surface area contributed by atoms with E-state index < -0.39 is 0 Å². The third kappa shape index (κ3) is 9.58. The van der Waals surface area contributed by atoms with Crippen LogP contribution in [0.4, 0.5) is 5.69 Å². The van der Waals surface area contributed by atoms with Gasteiger partial charge in [0, 0.05) is 71.1 Å². The van der Waals surface area contributed by atoms with Crippen molar-refractivity contribution in [3.63, 3.8) is 0 Å². The Hall–Kier alpha value is -1.10. The van der Waals surface area contributed by atoms with Gasteiger partial charge in [0.1, 0.15) is 0 Å². The van der Waals surface area contributed by atoms with Gasteiger partial charge in [0.05, 0.1) is 13.2 Å². The monoisotopic (exact) mass is 572 g/mol. The predicted octanol–water partition coefficient (Wildman–Crippen LogP) is 2.73. The van der Waals surface area contributed by atoms with Crippen LogP contribution in [0, 0.1) is 5.92 Å². The lowest BCUT2D eigenvalue weighted by molar-refractivity contribution is 0.00752. The summed E-state index contributed by atoms with van der Waals surface area (Å²) < 4.78 is 5.52. The molecule has 1 aromatic carbocycles. The van der Waals surface area contributed by atoms with E-state index in [4.69, 9.17) is 4.74 Å². The van der Waals surface area contributed by atoms with Crippen LogP contribution in [-0.4, -0.2) is 101 Å². The molecule has 1 aromatic rings. The molecule has 0 radical (unpaired) electrons. The number of piperazine rings is 1. The second kappa shape index (κ2) is 15.7. The minimum atomic E-state index is 0. The zero-order chi connectivity index (χ0) is 22.6. The molecular weight excluding hydrogens is 527 g/mol. The van der Waals surface area contributed by atoms with Crippen LogP contribution in [0.2, 0.25) is 0 Å². The van der Waals surface area contributed by atoms with Gasteiger partial charge in [-0.05, 0) is 37.4 Å². The van der Waals surface area contributed by atoms with Crippen LogP contribution in [0.25, 0.3) is 0 Å². The molecule has 0 amide bonds. The second-order valence-corrected chi connectivity index (χ2v) is 9.21. The molecule has 0 saturated carbocycles. The number of aliphatic imine (C=N–C) groups is 1. The SMILES string of the molecule is CN=C(NCCCCN1CCN(c2ccccc2)CC1)NCC(C(C)C)N1CCOCC1.I. The highest BCUT2D eigenvalue weighted by Gasteiger charge is 2.24. The molecule has 1 atom stereocenters. The summed E-state index contributed by atoms with van der Waals surface area (Å²) in [5, 5.41) is 7.05. The second-order valence-electron chi connectivity index (χ2n) is 9.21. The van der Waals surface area contributed by atoms with Gasteiger partial charge in [-0.25, -0.2) is 0 Å². The van der Waals surface area contributed by atoms with Gasteiger partial charge in [-0.3, -0.25) is 14.8 Å². The molecule has 8 heteroatoms. The largest absolute Gasteiger partial charge is 0.379 e. The molecule has 0 spiro atoms. The van der Waals surface area contributed by atoms with E-state index in [1.165, 1.54) is 18.7 Å². The highest BCUT2D eigenvalue weighted by Crippen LogP contribution is 2.15. The predicted molar refractivity (Wildman–Crippen MR) is 150 cm³/mol. The number of guanidine groups is 1. The van der Waals surface area contributed by atoms with Crippen molar-refractivity contribution >= 4 is 35.6 Å². The fourth-order valence-electron chi connectivity index (χ4n) is 4.65. The Morgan fingerprint density at radius 3 is 2.30 bits per heavy atom. The number of nitrogens with zero attached hydrogens (tertiary/aromatic N) is 4. The van der Waals surface area contributed by atoms with Crippen LogP contribution in [0.3, 0.4) is 0 Å². The number of rotatable bonds is 10. The Kier molecular flexibility index (Phi) is 13.4. The number of unbranched alkanes of at least 4 members (excludes halogenated alkanes) is 1. The van der Waals surface area contributed by atoms with Crippen molar-refractivity contribution in [1.82, 2.24) is 20.4 Å². The van der Waals surface area contributed by atoms with E-state index in [2.05, 4.69) is 74.5 Å². The van der Waals surface area contributed by atoms with E-state index in [-0.39, 0.29) is 24.0 Å². The van der Waals surface area contributed by atoms with Gasteiger partial charge >= 0.3 is 0 Å². The summed E-state index contributed by atoms with van der Waals surface area (Å²) in [6.07, 6.45) is 2.38. The van der Waals surface area contributed by atoms with Crippen LogP contribution in [-0.2, 0) is 4.74 Å². The summed E-state index contributed by atoms with van der Waals surface area (Å²) in [6.45, 7) is 16.0. The van der Waals surface area contributed by atoms with Crippen LogP contribution in [0.1, 0.15) is 26.7 Å². The first-order valence-corrected chi connectivity index (χ1v) is 12.5. The molecule has 0 aromatic heterocycles. The van der Waals surface area contributed by atoms with Gasteiger partial charge in [0.25, 0.3) is 0 Å². The molecule has 2 N–H and O–H groups in total. The topological polar surface area (TPSA) is 55.4 Å². The molecular formula is C25H45IN6O. The fraction of sp³-hybridized carbons (Fsp3) is 0.720. The number of para-hydroxylation sites is 1. The molecule has 2 saturated heterocycles. The molecule has 188 valence electrons. The first kappa shape index (κ1) is 28.1. The Bertz CT molecular complexity index is 660. The summed E-state index contributed by atoms with van der Waals surface area (Å²) in [4.78, 5) is 12.1. The average molecular weight is 573 g/mol. The van der Waals surface area contributed by atoms with Crippen LogP contribution in [0.5, 0.6) is 0 Å². The normalized spacial score (nSPS) is 19.3. The van der Waals surface area contributed by atoms with Crippen molar-refractivity contribution in [2.24, 2.45) is 10.9 Å². The summed E-state index contributed by atoms with van der Waals surface area (Å²) in [6, 6.07) is 11.3. The lowest BCUT2D eigenvalue weighted by Crippen LogP contribution is -2.52. The lowest BCUT2D eigenvalue weighted by atomic mass is 10.0. The van der Waals surface area contributed by atoms with Gasteiger partial charge in [0.15, 0.2) is 5.96 Å². The maximum atomic E-state index is 5.52. The van der Waals surface area contributed by atoms with Crippen molar-refractivity contribution in [3.8, 4) is 0 Å². The molecule has 2 fully saturated rings. The van der Waals surface area contributed by atoms with Gasteiger partial charge in [-0.1, -0.05) is 32.0 Å². The Morgan fingerprint density at radius 2 is 1.67 bits per heavy atom. The standard InChI is InChI=1S/C25H44N6O.HI/c1-22(2)24(31-17-19-32-20-18-31)21-28-25(26-3)27-11-7-8-12-29-13-15-30(16-14-29)23-9-5-4-6-10-23;/h4-6,9-10,22,24H,7-8,11-21H2,1-3H3,(H2,26,27,28);1H. The molecule has 0 bridgehead atoms. The third-order valence-corrected chi connectivity index (χ3v) is 6.67. The van der Waals surface area contributed by atoms with Crippen molar-refractivity contribution in [1.29, 1.82) is 0 Å². The van der Waals surface area contributed by atoms with Gasteiger partial charge in [-0.15, -0.1) is 24.0 Å². The Balaban J connectivity index is 0.00000385. The first-order chi connectivity index (χ1) is 15.7. The van der Waals surface area contributed by atoms with E-state index >= 15 is 0 Å². The zero-order valence-corrected chi connectivity index (χ0v) is 23.2. The van der Waals surface area contributed by atoms with Crippen molar-refractivity contribution in [2.45, 2.75) is 32.7 Å². The maximum Gasteiger partial charge on any atom is 0.191 e. The third-order valence-electron chi connectivity index (χ3n) is 6.67. The summed E-state index contributed by atoms with van der Waals surface area (Å²) >= 11 is 0. The quantitative estimate of drug-likeness (QED) is 0.195. The number of morpholine rings is 1. The Morgan fingerprint density at radius 1 is 0.970 bits per heavy atom. The molecule has 2 aliphatic rings.